The first-order valence-electron chi connectivity index (χ1n) is 7.41. The number of nitrogens with two attached hydrogens (primary N) is 1. The number of amides is 1. The fourth-order valence-corrected chi connectivity index (χ4v) is 2.81. The third-order valence-electron chi connectivity index (χ3n) is 3.54. The molecule has 3 aromatic rings. The van der Waals surface area contributed by atoms with Crippen molar-refractivity contribution in [2.45, 2.75) is 4.90 Å². The molecule has 8 heteroatoms. The maximum absolute atomic E-state index is 12.3. The van der Waals surface area contributed by atoms with Crippen molar-refractivity contribution in [1.82, 2.24) is 0 Å². The Morgan fingerprint density at radius 3 is 2.46 bits per heavy atom. The fraction of sp³-hybridized carbons (Fsp3) is 0. The van der Waals surface area contributed by atoms with Gasteiger partial charge in [0.1, 0.15) is 23.0 Å². The lowest BCUT2D eigenvalue weighted by Crippen LogP contribution is -2.14. The molecule has 26 heavy (non-hydrogen) atoms. The quantitative estimate of drug-likeness (QED) is 0.541. The summed E-state index contributed by atoms with van der Waals surface area (Å²) in [7, 11) is -3.81. The Kier molecular flexibility index (Phi) is 4.58. The number of rotatable bonds is 4. The molecule has 3 rings (SSSR count). The van der Waals surface area contributed by atoms with Gasteiger partial charge in [0.25, 0.3) is 5.91 Å². The van der Waals surface area contributed by atoms with E-state index in [0.29, 0.717) is 17.0 Å². The Balaban J connectivity index is 1.81. The van der Waals surface area contributed by atoms with Gasteiger partial charge in [-0.1, -0.05) is 18.2 Å². The molecule has 0 saturated heterocycles. The predicted molar refractivity (Wildman–Crippen MR) is 96.2 cm³/mol. The molecule has 1 amide bonds. The summed E-state index contributed by atoms with van der Waals surface area (Å²) in [5, 5.41) is 17.6. The highest BCUT2D eigenvalue weighted by molar-refractivity contribution is 7.89. The zero-order valence-corrected chi connectivity index (χ0v) is 14.2. The summed E-state index contributed by atoms with van der Waals surface area (Å²) >= 11 is 0. The molecule has 130 valence electrons. The van der Waals surface area contributed by atoms with E-state index in [0.717, 1.165) is 5.39 Å². The number of hydrogen-bond donors (Lipinski definition) is 2. The molecule has 2 aromatic carbocycles. The summed E-state index contributed by atoms with van der Waals surface area (Å²) in [6.45, 7) is 0. The maximum atomic E-state index is 12.3. The minimum atomic E-state index is -3.81. The van der Waals surface area contributed by atoms with Gasteiger partial charge in [0.15, 0.2) is 0 Å². The lowest BCUT2D eigenvalue weighted by atomic mass is 10.2. The number of hydrogen-bond acceptors (Lipinski definition) is 5. The largest absolute Gasteiger partial charge is 0.457 e. The van der Waals surface area contributed by atoms with Crippen LogP contribution < -0.4 is 10.5 Å². The molecule has 0 fully saturated rings. The van der Waals surface area contributed by atoms with E-state index in [1.807, 2.05) is 24.3 Å². The number of furan rings is 1. The average Bonchev–Trinajstić information content (AvgIpc) is 3.01. The van der Waals surface area contributed by atoms with Crippen molar-refractivity contribution in [3.05, 3.63) is 65.9 Å². The van der Waals surface area contributed by atoms with Gasteiger partial charge in [-0.05, 0) is 36.4 Å². The van der Waals surface area contributed by atoms with E-state index >= 15 is 0 Å². The molecule has 0 atom stereocenters. The number of para-hydroxylation sites is 1. The highest BCUT2D eigenvalue weighted by Gasteiger charge is 2.12. The molecule has 0 unspecified atom stereocenters. The second-order valence-corrected chi connectivity index (χ2v) is 6.94. The van der Waals surface area contributed by atoms with E-state index in [1.165, 1.54) is 30.3 Å². The summed E-state index contributed by atoms with van der Waals surface area (Å²) in [5.74, 6) is -0.265. The summed E-state index contributed by atoms with van der Waals surface area (Å²) in [4.78, 5) is 12.2. The zero-order chi connectivity index (χ0) is 18.7. The van der Waals surface area contributed by atoms with Crippen LogP contribution in [0.25, 0.3) is 17.0 Å². The van der Waals surface area contributed by atoms with Crippen LogP contribution in [0, 0.1) is 11.3 Å². The molecule has 1 aromatic heterocycles. The van der Waals surface area contributed by atoms with Crippen LogP contribution in [0.15, 0.2) is 69.5 Å². The second-order valence-electron chi connectivity index (χ2n) is 5.38. The van der Waals surface area contributed by atoms with Gasteiger partial charge >= 0.3 is 0 Å². The third kappa shape index (κ3) is 3.80. The lowest BCUT2D eigenvalue weighted by Gasteiger charge is -2.05. The van der Waals surface area contributed by atoms with Crippen LogP contribution >= 0.6 is 0 Å². The van der Waals surface area contributed by atoms with Crippen LogP contribution in [-0.2, 0) is 14.8 Å². The Bertz CT molecular complexity index is 1120. The first-order valence-corrected chi connectivity index (χ1v) is 8.96. The molecule has 0 aliphatic heterocycles. The highest BCUT2D eigenvalue weighted by Crippen LogP contribution is 2.21. The first-order chi connectivity index (χ1) is 12.4. The number of carbonyl (C=O) groups excluding carboxylic acids is 1. The number of benzene rings is 2. The van der Waals surface area contributed by atoms with E-state index in [4.69, 9.17) is 9.56 Å². The maximum Gasteiger partial charge on any atom is 0.266 e. The molecule has 3 N–H and O–H groups in total. The third-order valence-corrected chi connectivity index (χ3v) is 4.47. The highest BCUT2D eigenvalue weighted by atomic mass is 32.2. The molecule has 0 saturated carbocycles. The van der Waals surface area contributed by atoms with Crippen molar-refractivity contribution in [3.8, 4) is 6.07 Å². The Morgan fingerprint density at radius 1 is 1.15 bits per heavy atom. The SMILES string of the molecule is N#C/C(=C\c1cc2ccccc2o1)C(=O)Nc1ccc(S(N)(=O)=O)cc1. The minimum Gasteiger partial charge on any atom is -0.457 e. The number of nitrogens with zero attached hydrogens (tertiary/aromatic N) is 1. The molecule has 0 radical (unpaired) electrons. The average molecular weight is 367 g/mol. The van der Waals surface area contributed by atoms with Crippen molar-refractivity contribution in [2.75, 3.05) is 5.32 Å². The van der Waals surface area contributed by atoms with Crippen LogP contribution in [-0.4, -0.2) is 14.3 Å². The Morgan fingerprint density at radius 2 is 1.85 bits per heavy atom. The van der Waals surface area contributed by atoms with Gasteiger partial charge in [0.05, 0.1) is 4.90 Å². The van der Waals surface area contributed by atoms with Gasteiger partial charge in [0.2, 0.25) is 10.0 Å². The molecule has 1 heterocycles. The fourth-order valence-electron chi connectivity index (χ4n) is 2.29. The van der Waals surface area contributed by atoms with Crippen LogP contribution in [0.2, 0.25) is 0 Å². The molecule has 0 bridgehead atoms. The van der Waals surface area contributed by atoms with Crippen molar-refractivity contribution >= 4 is 38.7 Å². The number of nitriles is 1. The van der Waals surface area contributed by atoms with E-state index < -0.39 is 15.9 Å². The molecular formula is C18H13N3O4S. The van der Waals surface area contributed by atoms with E-state index in [-0.39, 0.29) is 10.5 Å². The van der Waals surface area contributed by atoms with Crippen molar-refractivity contribution in [2.24, 2.45) is 5.14 Å². The smallest absolute Gasteiger partial charge is 0.266 e. The zero-order valence-electron chi connectivity index (χ0n) is 13.3. The van der Waals surface area contributed by atoms with Crippen LogP contribution in [0.1, 0.15) is 5.76 Å². The monoisotopic (exact) mass is 367 g/mol. The summed E-state index contributed by atoms with van der Waals surface area (Å²) in [5.41, 5.74) is 0.822. The number of nitrogens with one attached hydrogen (secondary N) is 1. The van der Waals surface area contributed by atoms with Crippen molar-refractivity contribution in [3.63, 3.8) is 0 Å². The molecule has 0 aliphatic carbocycles. The number of anilines is 1. The standard InChI is InChI=1S/C18H13N3O4S/c19-11-13(10-15-9-12-3-1-2-4-17(12)25-15)18(22)21-14-5-7-16(8-6-14)26(20,23)24/h1-10H,(H,21,22)(H2,20,23,24)/b13-10+. The van der Waals surface area contributed by atoms with Crippen molar-refractivity contribution < 1.29 is 17.6 Å². The topological polar surface area (TPSA) is 126 Å². The summed E-state index contributed by atoms with van der Waals surface area (Å²) < 4.78 is 28.0. The number of carbonyl (C=O) groups is 1. The van der Waals surface area contributed by atoms with Crippen molar-refractivity contribution in [1.29, 1.82) is 5.26 Å². The Labute approximate surface area is 149 Å². The van der Waals surface area contributed by atoms with Crippen LogP contribution in [0.5, 0.6) is 0 Å². The molecule has 0 aliphatic rings. The van der Waals surface area contributed by atoms with Gasteiger partial charge in [-0.25, -0.2) is 13.6 Å². The van der Waals surface area contributed by atoms with Gasteiger partial charge in [-0.3, -0.25) is 4.79 Å². The van der Waals surface area contributed by atoms with Gasteiger partial charge in [0, 0.05) is 17.1 Å². The summed E-state index contributed by atoms with van der Waals surface area (Å²) in [6.07, 6.45) is 1.34. The molecular weight excluding hydrogens is 354 g/mol. The van der Waals surface area contributed by atoms with Crippen LogP contribution in [0.3, 0.4) is 0 Å². The molecule has 7 nitrogen and oxygen atoms in total. The predicted octanol–water partition coefficient (Wildman–Crippen LogP) is 2.63. The summed E-state index contributed by atoms with van der Waals surface area (Å²) in [6, 6.07) is 16.2. The lowest BCUT2D eigenvalue weighted by molar-refractivity contribution is -0.112. The van der Waals surface area contributed by atoms with Gasteiger partial charge in [-0.2, -0.15) is 5.26 Å². The normalized spacial score (nSPS) is 11.9. The first kappa shape index (κ1) is 17.4. The number of sulfonamides is 1. The number of primary sulfonamides is 1. The van der Waals surface area contributed by atoms with Gasteiger partial charge < -0.3 is 9.73 Å². The van der Waals surface area contributed by atoms with Gasteiger partial charge in [-0.15, -0.1) is 0 Å². The minimum absolute atomic E-state index is 0.0752. The van der Waals surface area contributed by atoms with E-state index in [2.05, 4.69) is 5.32 Å². The Hall–Kier alpha value is -3.41. The van der Waals surface area contributed by atoms with E-state index in [9.17, 15) is 18.5 Å². The van der Waals surface area contributed by atoms with Crippen LogP contribution in [0.4, 0.5) is 5.69 Å². The molecule has 0 spiro atoms. The van der Waals surface area contributed by atoms with E-state index in [1.54, 1.807) is 12.1 Å². The second kappa shape index (κ2) is 6.84. The number of fused-ring (bicyclic) bond motifs is 1.